The van der Waals surface area contributed by atoms with Gasteiger partial charge < -0.3 is 0 Å². The van der Waals surface area contributed by atoms with Crippen molar-refractivity contribution in [2.24, 2.45) is 0 Å². The molecule has 0 radical (unpaired) electrons. The Balaban J connectivity index is 2.26. The molecule has 1 N–H and O–H groups in total. The van der Waals surface area contributed by atoms with Gasteiger partial charge in [0.1, 0.15) is 0 Å². The third-order valence-corrected chi connectivity index (χ3v) is 2.73. The first-order chi connectivity index (χ1) is 9.49. The summed E-state index contributed by atoms with van der Waals surface area (Å²) in [5.41, 5.74) is 1.05. The van der Waals surface area contributed by atoms with Crippen molar-refractivity contribution in [3.63, 3.8) is 0 Å². The maximum Gasteiger partial charge on any atom is 0.269 e. The quantitative estimate of drug-likeness (QED) is 0.523. The van der Waals surface area contributed by atoms with E-state index >= 15 is 0 Å². The maximum absolute atomic E-state index is 10.5. The highest BCUT2D eigenvalue weighted by molar-refractivity contribution is 6.10. The normalized spacial score (nSPS) is 10.0. The molecule has 0 aliphatic heterocycles. The summed E-state index contributed by atoms with van der Waals surface area (Å²) < 4.78 is 0. The fourth-order valence-corrected chi connectivity index (χ4v) is 1.67. The Kier molecular flexibility index (Phi) is 3.52. The van der Waals surface area contributed by atoms with Gasteiger partial charge in [-0.15, -0.1) is 0 Å². The minimum Gasteiger partial charge on any atom is -0.300 e. The fourth-order valence-electron chi connectivity index (χ4n) is 1.67. The lowest BCUT2D eigenvalue weighted by Gasteiger charge is -2.04. The molecule has 0 amide bonds. The lowest BCUT2D eigenvalue weighted by atomic mass is 10.0. The van der Waals surface area contributed by atoms with E-state index in [1.165, 1.54) is 48.5 Å². The average Bonchev–Trinajstić information content (AvgIpc) is 2.46. The van der Waals surface area contributed by atoms with Crippen molar-refractivity contribution in [2.45, 2.75) is 0 Å². The van der Waals surface area contributed by atoms with Crippen LogP contribution < -0.4 is 0 Å². The second-order valence-electron chi connectivity index (χ2n) is 3.98. The van der Waals surface area contributed by atoms with E-state index in [0.717, 1.165) is 0 Å². The summed E-state index contributed by atoms with van der Waals surface area (Å²) in [4.78, 5) is 20.1. The van der Waals surface area contributed by atoms with Gasteiger partial charge in [0.25, 0.3) is 11.4 Å². The first-order valence-corrected chi connectivity index (χ1v) is 5.57. The zero-order valence-electron chi connectivity index (χ0n) is 10.1. The van der Waals surface area contributed by atoms with Crippen LogP contribution in [0.15, 0.2) is 48.5 Å². The van der Waals surface area contributed by atoms with E-state index in [9.17, 15) is 20.2 Å². The van der Waals surface area contributed by atoms with Crippen LogP contribution in [0.1, 0.15) is 11.1 Å². The molecule has 2 aromatic rings. The lowest BCUT2D eigenvalue weighted by Crippen LogP contribution is -2.01. The predicted octanol–water partition coefficient (Wildman–Crippen LogP) is 2.92. The first kappa shape index (κ1) is 13.3. The molecule has 7 heteroatoms. The van der Waals surface area contributed by atoms with Crippen LogP contribution >= 0.6 is 0 Å². The summed E-state index contributed by atoms with van der Waals surface area (Å²) in [5, 5.41) is 29.1. The number of hydrogen-bond donors (Lipinski definition) is 1. The van der Waals surface area contributed by atoms with Gasteiger partial charge in [-0.3, -0.25) is 25.6 Å². The van der Waals surface area contributed by atoms with E-state index in [0.29, 0.717) is 11.1 Å². The molecule has 100 valence electrons. The molecule has 2 aromatic carbocycles. The van der Waals surface area contributed by atoms with E-state index in [1.54, 1.807) is 0 Å². The highest BCUT2D eigenvalue weighted by Gasteiger charge is 2.10. The van der Waals surface area contributed by atoms with Gasteiger partial charge in [0.2, 0.25) is 0 Å². The van der Waals surface area contributed by atoms with Crippen LogP contribution in [0.3, 0.4) is 0 Å². The van der Waals surface area contributed by atoms with Crippen LogP contribution in [0.4, 0.5) is 11.4 Å². The van der Waals surface area contributed by atoms with E-state index in [4.69, 9.17) is 5.41 Å². The SMILES string of the molecule is N=C(c1ccc([N+](=O)[O-])cc1)c1ccc([N+](=O)[O-])cc1. The van der Waals surface area contributed by atoms with Crippen molar-refractivity contribution >= 4 is 17.1 Å². The Morgan fingerprint density at radius 2 is 1.05 bits per heavy atom. The molecule has 0 saturated carbocycles. The van der Waals surface area contributed by atoms with Crippen molar-refractivity contribution in [1.82, 2.24) is 0 Å². The second-order valence-corrected chi connectivity index (χ2v) is 3.98. The summed E-state index contributed by atoms with van der Waals surface area (Å²) in [6.07, 6.45) is 0. The largest absolute Gasteiger partial charge is 0.300 e. The maximum atomic E-state index is 10.5. The minimum atomic E-state index is -0.515. The number of nitrogens with one attached hydrogen (secondary N) is 1. The Bertz CT molecular complexity index is 618. The molecule has 20 heavy (non-hydrogen) atoms. The smallest absolute Gasteiger partial charge is 0.269 e. The predicted molar refractivity (Wildman–Crippen MR) is 72.1 cm³/mol. The summed E-state index contributed by atoms with van der Waals surface area (Å²) in [6.45, 7) is 0. The van der Waals surface area contributed by atoms with E-state index in [-0.39, 0.29) is 17.1 Å². The first-order valence-electron chi connectivity index (χ1n) is 5.57. The standard InChI is InChI=1S/C13H9N3O4/c14-13(9-1-5-11(6-2-9)15(17)18)10-3-7-12(8-4-10)16(19)20/h1-8,14H. The molecule has 0 atom stereocenters. The molecule has 2 rings (SSSR count). The van der Waals surface area contributed by atoms with Gasteiger partial charge in [0, 0.05) is 35.4 Å². The van der Waals surface area contributed by atoms with Crippen molar-refractivity contribution in [3.05, 3.63) is 79.9 Å². The molecule has 0 aliphatic rings. The molecule has 0 fully saturated rings. The topological polar surface area (TPSA) is 110 Å². The van der Waals surface area contributed by atoms with Gasteiger partial charge in [0.05, 0.1) is 15.6 Å². The van der Waals surface area contributed by atoms with Crippen molar-refractivity contribution in [3.8, 4) is 0 Å². The molecule has 0 bridgehead atoms. The zero-order valence-corrected chi connectivity index (χ0v) is 10.1. The van der Waals surface area contributed by atoms with E-state index < -0.39 is 9.85 Å². The molecule has 0 spiro atoms. The Labute approximate surface area is 113 Å². The monoisotopic (exact) mass is 271 g/mol. The Morgan fingerprint density at radius 1 is 0.750 bits per heavy atom. The number of nitro groups is 2. The van der Waals surface area contributed by atoms with Crippen LogP contribution in [-0.4, -0.2) is 15.6 Å². The molecule has 0 aromatic heterocycles. The number of rotatable bonds is 4. The van der Waals surface area contributed by atoms with Gasteiger partial charge in [-0.1, -0.05) is 0 Å². The average molecular weight is 271 g/mol. The van der Waals surface area contributed by atoms with E-state index in [2.05, 4.69) is 0 Å². The van der Waals surface area contributed by atoms with E-state index in [1.807, 2.05) is 0 Å². The second kappa shape index (κ2) is 5.27. The molecule has 0 unspecified atom stereocenters. The molecule has 7 nitrogen and oxygen atoms in total. The summed E-state index contributed by atoms with van der Waals surface area (Å²) in [7, 11) is 0. The molecular formula is C13H9N3O4. The summed E-state index contributed by atoms with van der Waals surface area (Å²) >= 11 is 0. The summed E-state index contributed by atoms with van der Waals surface area (Å²) in [5.74, 6) is 0. The van der Waals surface area contributed by atoms with Gasteiger partial charge in [-0.2, -0.15) is 0 Å². The fraction of sp³-hybridized carbons (Fsp3) is 0. The minimum absolute atomic E-state index is 0.0507. The molecule has 0 saturated heterocycles. The number of non-ortho nitro benzene ring substituents is 2. The summed E-state index contributed by atoms with van der Waals surface area (Å²) in [6, 6.07) is 11.2. The molecule has 0 heterocycles. The van der Waals surface area contributed by atoms with Gasteiger partial charge in [-0.05, 0) is 24.3 Å². The van der Waals surface area contributed by atoms with Crippen LogP contribution in [0.5, 0.6) is 0 Å². The Hall–Kier alpha value is -3.09. The van der Waals surface area contributed by atoms with Crippen molar-refractivity contribution in [1.29, 1.82) is 5.41 Å². The number of nitro benzene ring substituents is 2. The van der Waals surface area contributed by atoms with Gasteiger partial charge >= 0.3 is 0 Å². The number of hydrogen-bond acceptors (Lipinski definition) is 5. The highest BCUT2D eigenvalue weighted by atomic mass is 16.6. The third-order valence-electron chi connectivity index (χ3n) is 2.73. The molecule has 0 aliphatic carbocycles. The van der Waals surface area contributed by atoms with Gasteiger partial charge in [-0.25, -0.2) is 0 Å². The van der Waals surface area contributed by atoms with Crippen LogP contribution in [0.25, 0.3) is 0 Å². The zero-order chi connectivity index (χ0) is 14.7. The number of nitrogens with zero attached hydrogens (tertiary/aromatic N) is 2. The number of benzene rings is 2. The van der Waals surface area contributed by atoms with Crippen molar-refractivity contribution in [2.75, 3.05) is 0 Å². The van der Waals surface area contributed by atoms with Crippen LogP contribution in [0.2, 0.25) is 0 Å². The van der Waals surface area contributed by atoms with Gasteiger partial charge in [0.15, 0.2) is 0 Å². The Morgan fingerprint density at radius 3 is 1.30 bits per heavy atom. The third kappa shape index (κ3) is 2.66. The lowest BCUT2D eigenvalue weighted by molar-refractivity contribution is -0.385. The highest BCUT2D eigenvalue weighted by Crippen LogP contribution is 2.17. The van der Waals surface area contributed by atoms with Crippen LogP contribution in [-0.2, 0) is 0 Å². The van der Waals surface area contributed by atoms with Crippen molar-refractivity contribution < 1.29 is 9.85 Å². The molecular weight excluding hydrogens is 262 g/mol. The van der Waals surface area contributed by atoms with Crippen LogP contribution in [0, 0.1) is 25.6 Å².